The van der Waals surface area contributed by atoms with E-state index in [4.69, 9.17) is 4.74 Å². The van der Waals surface area contributed by atoms with Crippen LogP contribution in [0.3, 0.4) is 0 Å². The van der Waals surface area contributed by atoms with Crippen molar-refractivity contribution in [2.24, 2.45) is 0 Å². The molecular weight excluding hydrogens is 304 g/mol. The van der Waals surface area contributed by atoms with E-state index in [1.165, 1.54) is 5.56 Å². The van der Waals surface area contributed by atoms with E-state index in [0.29, 0.717) is 17.2 Å². The number of carbonyl (C=O) groups excluding carboxylic acids is 2. The maximum absolute atomic E-state index is 12.0. The van der Waals surface area contributed by atoms with Crippen LogP contribution in [0.1, 0.15) is 41.3 Å². The second-order valence-corrected chi connectivity index (χ2v) is 5.83. The molecule has 5 heteroatoms. The Kier molecular flexibility index (Phi) is 5.95. The van der Waals surface area contributed by atoms with Crippen LogP contribution < -0.4 is 15.6 Å². The molecular formula is C19H22N2O3. The number of hydrogen-bond donors (Lipinski definition) is 2. The highest BCUT2D eigenvalue weighted by Crippen LogP contribution is 2.18. The van der Waals surface area contributed by atoms with Crippen LogP contribution >= 0.6 is 0 Å². The van der Waals surface area contributed by atoms with E-state index in [2.05, 4.69) is 24.7 Å². The summed E-state index contributed by atoms with van der Waals surface area (Å²) in [5.74, 6) is 0.270. The van der Waals surface area contributed by atoms with Gasteiger partial charge in [-0.1, -0.05) is 44.2 Å². The molecule has 5 nitrogen and oxygen atoms in total. The van der Waals surface area contributed by atoms with Gasteiger partial charge in [0.1, 0.15) is 5.75 Å². The first-order chi connectivity index (χ1) is 11.5. The molecule has 2 aromatic rings. The van der Waals surface area contributed by atoms with E-state index in [0.717, 1.165) is 5.56 Å². The molecule has 0 saturated heterocycles. The smallest absolute Gasteiger partial charge is 0.276 e. The minimum Gasteiger partial charge on any atom is -0.484 e. The van der Waals surface area contributed by atoms with Crippen LogP contribution in [0, 0.1) is 6.92 Å². The van der Waals surface area contributed by atoms with E-state index in [9.17, 15) is 9.59 Å². The van der Waals surface area contributed by atoms with Crippen molar-refractivity contribution >= 4 is 11.8 Å². The van der Waals surface area contributed by atoms with Gasteiger partial charge in [0.05, 0.1) is 0 Å². The van der Waals surface area contributed by atoms with Gasteiger partial charge in [0.25, 0.3) is 11.8 Å². The fourth-order valence-electron chi connectivity index (χ4n) is 2.16. The first-order valence-electron chi connectivity index (χ1n) is 7.85. The highest BCUT2D eigenvalue weighted by molar-refractivity contribution is 5.96. The summed E-state index contributed by atoms with van der Waals surface area (Å²) in [6.45, 7) is 5.89. The number of nitrogens with one attached hydrogen (secondary N) is 2. The third-order valence-electron chi connectivity index (χ3n) is 3.62. The largest absolute Gasteiger partial charge is 0.484 e. The molecule has 0 spiro atoms. The molecule has 24 heavy (non-hydrogen) atoms. The fourth-order valence-corrected chi connectivity index (χ4v) is 2.16. The highest BCUT2D eigenvalue weighted by Gasteiger charge is 2.09. The zero-order valence-corrected chi connectivity index (χ0v) is 14.1. The van der Waals surface area contributed by atoms with Crippen LogP contribution in [-0.2, 0) is 4.79 Å². The molecule has 0 aromatic heterocycles. The molecule has 126 valence electrons. The lowest BCUT2D eigenvalue weighted by Crippen LogP contribution is -2.44. The number of rotatable bonds is 5. The molecule has 2 amide bonds. The molecule has 2 N–H and O–H groups in total. The second-order valence-electron chi connectivity index (χ2n) is 5.83. The average molecular weight is 326 g/mol. The molecule has 0 heterocycles. The summed E-state index contributed by atoms with van der Waals surface area (Å²) >= 11 is 0. The van der Waals surface area contributed by atoms with Crippen molar-refractivity contribution in [1.82, 2.24) is 10.9 Å². The molecule has 0 aliphatic heterocycles. The van der Waals surface area contributed by atoms with E-state index < -0.39 is 5.91 Å². The van der Waals surface area contributed by atoms with Crippen LogP contribution in [0.25, 0.3) is 0 Å². The minimum atomic E-state index is -0.426. The molecule has 0 bridgehead atoms. The van der Waals surface area contributed by atoms with Crippen LogP contribution in [0.5, 0.6) is 5.75 Å². The van der Waals surface area contributed by atoms with Crippen LogP contribution in [0.2, 0.25) is 0 Å². The third-order valence-corrected chi connectivity index (χ3v) is 3.62. The van der Waals surface area contributed by atoms with E-state index in [-0.39, 0.29) is 12.5 Å². The number of hydrogen-bond acceptors (Lipinski definition) is 3. The topological polar surface area (TPSA) is 67.4 Å². The van der Waals surface area contributed by atoms with Crippen molar-refractivity contribution < 1.29 is 14.3 Å². The van der Waals surface area contributed by atoms with Gasteiger partial charge in [-0.05, 0) is 42.2 Å². The summed E-state index contributed by atoms with van der Waals surface area (Å²) in [5.41, 5.74) is 7.29. The first kappa shape index (κ1) is 17.5. The monoisotopic (exact) mass is 326 g/mol. The average Bonchev–Trinajstić information content (AvgIpc) is 2.58. The Morgan fingerprint density at radius 2 is 1.67 bits per heavy atom. The number of ether oxygens (including phenoxy) is 1. The number of benzene rings is 2. The predicted octanol–water partition coefficient (Wildman–Crippen LogP) is 2.96. The quantitative estimate of drug-likeness (QED) is 0.830. The normalized spacial score (nSPS) is 10.3. The van der Waals surface area contributed by atoms with Crippen molar-refractivity contribution in [3.8, 4) is 5.75 Å². The Balaban J connectivity index is 1.79. The maximum atomic E-state index is 12.0. The van der Waals surface area contributed by atoms with Gasteiger partial charge in [-0.3, -0.25) is 20.4 Å². The van der Waals surface area contributed by atoms with Gasteiger partial charge in [-0.2, -0.15) is 0 Å². The Morgan fingerprint density at radius 3 is 2.29 bits per heavy atom. The van der Waals surface area contributed by atoms with Crippen LogP contribution in [-0.4, -0.2) is 18.4 Å². The molecule has 0 fully saturated rings. The third kappa shape index (κ3) is 4.84. The molecule has 0 atom stereocenters. The van der Waals surface area contributed by atoms with E-state index in [1.807, 2.05) is 43.3 Å². The lowest BCUT2D eigenvalue weighted by molar-refractivity contribution is -0.123. The SMILES string of the molecule is Cc1ccccc1C(=O)NNC(=O)COc1ccc(C(C)C)cc1. The summed E-state index contributed by atoms with van der Waals surface area (Å²) < 4.78 is 5.40. The van der Waals surface area contributed by atoms with Crippen molar-refractivity contribution in [3.05, 3.63) is 65.2 Å². The molecule has 0 saturated carbocycles. The standard InChI is InChI=1S/C19H22N2O3/c1-13(2)15-8-10-16(11-9-15)24-12-18(22)20-21-19(23)17-7-5-4-6-14(17)3/h4-11,13H,12H2,1-3H3,(H,20,22)(H,21,23). The Morgan fingerprint density at radius 1 is 1.00 bits per heavy atom. The minimum absolute atomic E-state index is 0.172. The van der Waals surface area contributed by atoms with Gasteiger partial charge in [0.15, 0.2) is 6.61 Å². The summed E-state index contributed by atoms with van der Waals surface area (Å²) in [5, 5.41) is 0. The Labute approximate surface area is 142 Å². The molecule has 0 aliphatic carbocycles. The Hall–Kier alpha value is -2.82. The molecule has 0 aliphatic rings. The van der Waals surface area contributed by atoms with E-state index in [1.54, 1.807) is 12.1 Å². The van der Waals surface area contributed by atoms with Gasteiger partial charge in [-0.15, -0.1) is 0 Å². The molecule has 0 radical (unpaired) electrons. The first-order valence-corrected chi connectivity index (χ1v) is 7.85. The number of amides is 2. The molecule has 0 unspecified atom stereocenters. The molecule has 2 rings (SSSR count). The van der Waals surface area contributed by atoms with Crippen molar-refractivity contribution in [2.45, 2.75) is 26.7 Å². The maximum Gasteiger partial charge on any atom is 0.276 e. The van der Waals surface area contributed by atoms with E-state index >= 15 is 0 Å². The number of aryl methyl sites for hydroxylation is 1. The Bertz CT molecular complexity index is 709. The summed E-state index contributed by atoms with van der Waals surface area (Å²) in [6.07, 6.45) is 0. The number of carbonyl (C=O) groups is 2. The number of hydrazine groups is 1. The summed E-state index contributed by atoms with van der Waals surface area (Å²) in [6, 6.07) is 14.7. The fraction of sp³-hybridized carbons (Fsp3) is 0.263. The van der Waals surface area contributed by atoms with Crippen molar-refractivity contribution in [3.63, 3.8) is 0 Å². The van der Waals surface area contributed by atoms with Gasteiger partial charge in [0, 0.05) is 5.56 Å². The van der Waals surface area contributed by atoms with Crippen molar-refractivity contribution in [2.75, 3.05) is 6.61 Å². The summed E-state index contributed by atoms with van der Waals surface area (Å²) in [7, 11) is 0. The highest BCUT2D eigenvalue weighted by atomic mass is 16.5. The van der Waals surface area contributed by atoms with Crippen LogP contribution in [0.15, 0.2) is 48.5 Å². The zero-order chi connectivity index (χ0) is 17.5. The molecule has 2 aromatic carbocycles. The van der Waals surface area contributed by atoms with Crippen LogP contribution in [0.4, 0.5) is 0 Å². The zero-order valence-electron chi connectivity index (χ0n) is 14.1. The van der Waals surface area contributed by atoms with Gasteiger partial charge >= 0.3 is 0 Å². The van der Waals surface area contributed by atoms with Crippen molar-refractivity contribution in [1.29, 1.82) is 0 Å². The van der Waals surface area contributed by atoms with Gasteiger partial charge in [0.2, 0.25) is 0 Å². The lowest BCUT2D eigenvalue weighted by atomic mass is 10.0. The second kappa shape index (κ2) is 8.15. The summed E-state index contributed by atoms with van der Waals surface area (Å²) in [4.78, 5) is 23.7. The van der Waals surface area contributed by atoms with Gasteiger partial charge < -0.3 is 4.74 Å². The predicted molar refractivity (Wildman–Crippen MR) is 92.8 cm³/mol. The van der Waals surface area contributed by atoms with Gasteiger partial charge in [-0.25, -0.2) is 0 Å². The lowest BCUT2D eigenvalue weighted by Gasteiger charge is -2.11.